The van der Waals surface area contributed by atoms with Gasteiger partial charge in [0.15, 0.2) is 0 Å². The Kier molecular flexibility index (Phi) is 4.63. The van der Waals surface area contributed by atoms with E-state index in [-0.39, 0.29) is 5.56 Å². The molecule has 2 unspecified atom stereocenters. The van der Waals surface area contributed by atoms with Gasteiger partial charge in [0, 0.05) is 5.39 Å². The second-order valence-corrected chi connectivity index (χ2v) is 5.74. The summed E-state index contributed by atoms with van der Waals surface area (Å²) in [5.74, 6) is -1.06. The SMILES string of the molecule is CC(NC(=O)c1cc2ccccc2oc1=O)C(O)c1ccc(F)cc1. The normalized spacial score (nSPS) is 13.4. The van der Waals surface area contributed by atoms with Crippen LogP contribution in [0.25, 0.3) is 11.0 Å². The predicted octanol–water partition coefficient (Wildman–Crippen LogP) is 2.78. The molecule has 0 saturated carbocycles. The Morgan fingerprint density at radius 2 is 1.84 bits per heavy atom. The molecule has 0 radical (unpaired) electrons. The van der Waals surface area contributed by atoms with E-state index in [1.54, 1.807) is 31.2 Å². The summed E-state index contributed by atoms with van der Waals surface area (Å²) in [6.07, 6.45) is -1.04. The van der Waals surface area contributed by atoms with Gasteiger partial charge in [-0.05, 0) is 36.8 Å². The third-order valence-corrected chi connectivity index (χ3v) is 3.93. The van der Waals surface area contributed by atoms with Gasteiger partial charge in [-0.15, -0.1) is 0 Å². The first-order chi connectivity index (χ1) is 12.0. The van der Waals surface area contributed by atoms with Crippen LogP contribution in [0.4, 0.5) is 4.39 Å². The Hall–Kier alpha value is -2.99. The quantitative estimate of drug-likeness (QED) is 0.715. The van der Waals surface area contributed by atoms with Crippen molar-refractivity contribution >= 4 is 16.9 Å². The highest BCUT2D eigenvalue weighted by Crippen LogP contribution is 2.18. The third kappa shape index (κ3) is 3.59. The molecule has 0 aliphatic carbocycles. The average molecular weight is 341 g/mol. The monoisotopic (exact) mass is 341 g/mol. The van der Waals surface area contributed by atoms with E-state index in [2.05, 4.69) is 5.32 Å². The fourth-order valence-corrected chi connectivity index (χ4v) is 2.53. The number of para-hydroxylation sites is 1. The lowest BCUT2D eigenvalue weighted by Gasteiger charge is -2.20. The van der Waals surface area contributed by atoms with E-state index in [0.717, 1.165) is 0 Å². The average Bonchev–Trinajstić information content (AvgIpc) is 2.61. The molecule has 1 amide bonds. The molecule has 2 atom stereocenters. The summed E-state index contributed by atoms with van der Waals surface area (Å²) in [4.78, 5) is 24.4. The number of benzene rings is 2. The van der Waals surface area contributed by atoms with Crippen molar-refractivity contribution in [3.05, 3.63) is 82.0 Å². The van der Waals surface area contributed by atoms with Crippen LogP contribution in [0.5, 0.6) is 0 Å². The molecule has 0 fully saturated rings. The molecular weight excluding hydrogens is 325 g/mol. The maximum absolute atomic E-state index is 13.0. The molecule has 2 N–H and O–H groups in total. The lowest BCUT2D eigenvalue weighted by atomic mass is 10.0. The molecule has 3 rings (SSSR count). The number of halogens is 1. The minimum absolute atomic E-state index is 0.142. The lowest BCUT2D eigenvalue weighted by Crippen LogP contribution is -2.38. The van der Waals surface area contributed by atoms with Gasteiger partial charge in [-0.25, -0.2) is 9.18 Å². The summed E-state index contributed by atoms with van der Waals surface area (Å²) in [5, 5.41) is 13.5. The maximum atomic E-state index is 13.0. The van der Waals surface area contributed by atoms with Crippen molar-refractivity contribution in [1.82, 2.24) is 5.32 Å². The van der Waals surface area contributed by atoms with Gasteiger partial charge in [-0.3, -0.25) is 4.79 Å². The van der Waals surface area contributed by atoms with Crippen LogP contribution in [0.1, 0.15) is 28.9 Å². The summed E-state index contributed by atoms with van der Waals surface area (Å²) < 4.78 is 18.1. The van der Waals surface area contributed by atoms with Crippen LogP contribution in [0.3, 0.4) is 0 Å². The van der Waals surface area contributed by atoms with Crippen molar-refractivity contribution in [3.63, 3.8) is 0 Å². The molecule has 0 bridgehead atoms. The minimum atomic E-state index is -1.04. The molecule has 3 aromatic rings. The molecule has 5 nitrogen and oxygen atoms in total. The molecule has 0 spiro atoms. The van der Waals surface area contributed by atoms with Crippen molar-refractivity contribution in [1.29, 1.82) is 0 Å². The summed E-state index contributed by atoms with van der Waals surface area (Å²) in [6.45, 7) is 1.59. The van der Waals surface area contributed by atoms with Crippen LogP contribution in [-0.4, -0.2) is 17.1 Å². The zero-order valence-corrected chi connectivity index (χ0v) is 13.4. The zero-order chi connectivity index (χ0) is 18.0. The highest BCUT2D eigenvalue weighted by atomic mass is 19.1. The highest BCUT2D eigenvalue weighted by molar-refractivity contribution is 5.96. The number of carbonyl (C=O) groups is 1. The summed E-state index contributed by atoms with van der Waals surface area (Å²) in [7, 11) is 0. The zero-order valence-electron chi connectivity index (χ0n) is 13.4. The fourth-order valence-electron chi connectivity index (χ4n) is 2.53. The van der Waals surface area contributed by atoms with Gasteiger partial charge >= 0.3 is 5.63 Å². The molecule has 25 heavy (non-hydrogen) atoms. The van der Waals surface area contributed by atoms with Gasteiger partial charge in [-0.2, -0.15) is 0 Å². The van der Waals surface area contributed by atoms with Crippen LogP contribution in [0, 0.1) is 5.82 Å². The van der Waals surface area contributed by atoms with Crippen LogP contribution < -0.4 is 10.9 Å². The molecule has 0 aliphatic heterocycles. The Bertz CT molecular complexity index is 965. The predicted molar refractivity (Wildman–Crippen MR) is 90.8 cm³/mol. The number of hydrogen-bond donors (Lipinski definition) is 2. The number of rotatable bonds is 4. The molecule has 2 aromatic carbocycles. The second kappa shape index (κ2) is 6.86. The van der Waals surface area contributed by atoms with E-state index in [4.69, 9.17) is 4.42 Å². The van der Waals surface area contributed by atoms with Gasteiger partial charge in [-0.1, -0.05) is 30.3 Å². The van der Waals surface area contributed by atoms with E-state index in [0.29, 0.717) is 16.5 Å². The van der Waals surface area contributed by atoms with Gasteiger partial charge in [0.05, 0.1) is 12.1 Å². The largest absolute Gasteiger partial charge is 0.422 e. The molecule has 6 heteroatoms. The second-order valence-electron chi connectivity index (χ2n) is 5.74. The number of carbonyl (C=O) groups excluding carboxylic acids is 1. The fraction of sp³-hybridized carbons (Fsp3) is 0.158. The highest BCUT2D eigenvalue weighted by Gasteiger charge is 2.21. The number of nitrogens with one attached hydrogen (secondary N) is 1. The van der Waals surface area contributed by atoms with Crippen molar-refractivity contribution in [3.8, 4) is 0 Å². The van der Waals surface area contributed by atoms with E-state index >= 15 is 0 Å². The number of aliphatic hydroxyl groups excluding tert-OH is 1. The molecular formula is C19H16FNO4. The third-order valence-electron chi connectivity index (χ3n) is 3.93. The van der Waals surface area contributed by atoms with E-state index in [1.807, 2.05) is 0 Å². The van der Waals surface area contributed by atoms with E-state index in [1.165, 1.54) is 30.3 Å². The number of aliphatic hydroxyl groups is 1. The molecule has 0 saturated heterocycles. The van der Waals surface area contributed by atoms with Gasteiger partial charge in [0.1, 0.15) is 17.0 Å². The summed E-state index contributed by atoms with van der Waals surface area (Å²) in [6, 6.07) is 13.0. The first kappa shape index (κ1) is 16.9. The van der Waals surface area contributed by atoms with Crippen molar-refractivity contribution in [2.75, 3.05) is 0 Å². The smallest absolute Gasteiger partial charge is 0.349 e. The minimum Gasteiger partial charge on any atom is -0.422 e. The van der Waals surface area contributed by atoms with Crippen molar-refractivity contribution in [2.24, 2.45) is 0 Å². The summed E-state index contributed by atoms with van der Waals surface area (Å²) >= 11 is 0. The van der Waals surface area contributed by atoms with Crippen LogP contribution in [0.2, 0.25) is 0 Å². The molecule has 0 aliphatic rings. The van der Waals surface area contributed by atoms with Gasteiger partial charge in [0.25, 0.3) is 5.91 Å². The molecule has 128 valence electrons. The molecule has 1 aromatic heterocycles. The number of amides is 1. The first-order valence-corrected chi connectivity index (χ1v) is 7.73. The number of fused-ring (bicyclic) bond motifs is 1. The van der Waals surface area contributed by atoms with Crippen LogP contribution >= 0.6 is 0 Å². The lowest BCUT2D eigenvalue weighted by molar-refractivity contribution is 0.0848. The van der Waals surface area contributed by atoms with E-state index < -0.39 is 29.5 Å². The topological polar surface area (TPSA) is 79.5 Å². The van der Waals surface area contributed by atoms with Crippen LogP contribution in [0.15, 0.2) is 63.8 Å². The Balaban J connectivity index is 1.80. The van der Waals surface area contributed by atoms with Crippen molar-refractivity contribution in [2.45, 2.75) is 19.1 Å². The summed E-state index contributed by atoms with van der Waals surface area (Å²) in [5.41, 5.74) is -0.0419. The molecule has 1 heterocycles. The first-order valence-electron chi connectivity index (χ1n) is 7.73. The number of hydrogen-bond acceptors (Lipinski definition) is 4. The van der Waals surface area contributed by atoms with Crippen molar-refractivity contribution < 1.29 is 18.7 Å². The maximum Gasteiger partial charge on any atom is 0.349 e. The van der Waals surface area contributed by atoms with Gasteiger partial charge in [0.2, 0.25) is 0 Å². The standard InChI is InChI=1S/C19H16FNO4/c1-11(17(22)12-6-8-14(20)9-7-12)21-18(23)15-10-13-4-2-3-5-16(13)25-19(15)24/h2-11,17,22H,1H3,(H,21,23). The van der Waals surface area contributed by atoms with Crippen LogP contribution in [-0.2, 0) is 0 Å². The van der Waals surface area contributed by atoms with Gasteiger partial charge < -0.3 is 14.8 Å². The Labute approximate surface area is 142 Å². The Morgan fingerprint density at radius 1 is 1.16 bits per heavy atom. The van der Waals surface area contributed by atoms with E-state index in [9.17, 15) is 19.1 Å². The Morgan fingerprint density at radius 3 is 2.56 bits per heavy atom.